The smallest absolute Gasteiger partial charge is 0.329 e. The summed E-state index contributed by atoms with van der Waals surface area (Å²) < 4.78 is 0. The average Bonchev–Trinajstić information content (AvgIpc) is 2.90. The Balaban J connectivity index is 1.74. The number of anilines is 1. The third-order valence-corrected chi connectivity index (χ3v) is 4.07. The molecule has 3 N–H and O–H groups in total. The minimum atomic E-state index is -0.783. The van der Waals surface area contributed by atoms with Crippen LogP contribution in [0.25, 0.3) is 6.08 Å². The van der Waals surface area contributed by atoms with E-state index < -0.39 is 40.8 Å². The zero-order valence-corrected chi connectivity index (χ0v) is 15.2. The van der Waals surface area contributed by atoms with Gasteiger partial charge in [0.15, 0.2) is 5.75 Å². The standard InChI is InChI=1S/C19H16N4O6/c1-11-3-2-4-13(7-11)20-17(25)10-22-18(26)14(21-19(22)27)8-12-5-6-16(24)15(9-12)23(28)29/h2-9,24H,10H2,1H3,(H,20,25)(H,21,27)/b14-8-. The van der Waals surface area contributed by atoms with Crippen LogP contribution in [0.1, 0.15) is 11.1 Å². The minimum Gasteiger partial charge on any atom is -0.502 e. The lowest BCUT2D eigenvalue weighted by Gasteiger charge is -2.12. The van der Waals surface area contributed by atoms with Gasteiger partial charge in [-0.25, -0.2) is 9.69 Å². The Bertz CT molecular complexity index is 1060. The van der Waals surface area contributed by atoms with Gasteiger partial charge in [-0.1, -0.05) is 18.2 Å². The maximum atomic E-state index is 12.5. The highest BCUT2D eigenvalue weighted by Gasteiger charge is 2.35. The van der Waals surface area contributed by atoms with E-state index in [1.54, 1.807) is 18.2 Å². The van der Waals surface area contributed by atoms with Crippen LogP contribution in [0.2, 0.25) is 0 Å². The lowest BCUT2D eigenvalue weighted by molar-refractivity contribution is -0.385. The summed E-state index contributed by atoms with van der Waals surface area (Å²) in [6.07, 6.45) is 1.23. The molecule has 0 aliphatic carbocycles. The van der Waals surface area contributed by atoms with Crippen molar-refractivity contribution in [2.75, 3.05) is 11.9 Å². The zero-order valence-electron chi connectivity index (χ0n) is 15.2. The van der Waals surface area contributed by atoms with Gasteiger partial charge in [0, 0.05) is 11.8 Å². The summed E-state index contributed by atoms with van der Waals surface area (Å²) in [6, 6.07) is 9.78. The Morgan fingerprint density at radius 2 is 2.03 bits per heavy atom. The second-order valence-electron chi connectivity index (χ2n) is 6.30. The van der Waals surface area contributed by atoms with Crippen molar-refractivity contribution in [2.24, 2.45) is 0 Å². The van der Waals surface area contributed by atoms with Gasteiger partial charge in [-0.3, -0.25) is 19.7 Å². The fourth-order valence-electron chi connectivity index (χ4n) is 2.73. The zero-order chi connectivity index (χ0) is 21.1. The number of hydrogen-bond acceptors (Lipinski definition) is 6. The van der Waals surface area contributed by atoms with Gasteiger partial charge in [0.25, 0.3) is 5.91 Å². The van der Waals surface area contributed by atoms with E-state index in [9.17, 15) is 29.6 Å². The molecule has 1 fully saturated rings. The van der Waals surface area contributed by atoms with Gasteiger partial charge < -0.3 is 15.7 Å². The number of aromatic hydroxyl groups is 1. The van der Waals surface area contributed by atoms with Crippen LogP contribution in [-0.4, -0.2) is 39.3 Å². The summed E-state index contributed by atoms with van der Waals surface area (Å²) in [4.78, 5) is 47.6. The molecule has 0 radical (unpaired) electrons. The Kier molecular flexibility index (Phi) is 5.26. The van der Waals surface area contributed by atoms with Gasteiger partial charge in [-0.15, -0.1) is 0 Å². The van der Waals surface area contributed by atoms with Crippen molar-refractivity contribution in [1.29, 1.82) is 0 Å². The molecule has 1 aliphatic heterocycles. The number of rotatable bonds is 5. The highest BCUT2D eigenvalue weighted by atomic mass is 16.6. The quantitative estimate of drug-likeness (QED) is 0.306. The molecule has 0 spiro atoms. The van der Waals surface area contributed by atoms with E-state index >= 15 is 0 Å². The van der Waals surface area contributed by atoms with Crippen molar-refractivity contribution in [3.05, 3.63) is 69.4 Å². The van der Waals surface area contributed by atoms with E-state index in [-0.39, 0.29) is 11.3 Å². The lowest BCUT2D eigenvalue weighted by Crippen LogP contribution is -2.38. The van der Waals surface area contributed by atoms with E-state index in [2.05, 4.69) is 10.6 Å². The van der Waals surface area contributed by atoms with Crippen LogP contribution in [0.5, 0.6) is 5.75 Å². The number of carbonyl (C=O) groups excluding carboxylic acids is 3. The van der Waals surface area contributed by atoms with Gasteiger partial charge in [0.1, 0.15) is 12.2 Å². The largest absolute Gasteiger partial charge is 0.502 e. The van der Waals surface area contributed by atoms with E-state index in [4.69, 9.17) is 0 Å². The van der Waals surface area contributed by atoms with Crippen molar-refractivity contribution in [2.45, 2.75) is 6.92 Å². The number of urea groups is 1. The second-order valence-corrected chi connectivity index (χ2v) is 6.30. The fourth-order valence-corrected chi connectivity index (χ4v) is 2.73. The molecule has 1 heterocycles. The molecule has 4 amide bonds. The number of carbonyl (C=O) groups is 3. The number of imide groups is 1. The molecule has 29 heavy (non-hydrogen) atoms. The highest BCUT2D eigenvalue weighted by Crippen LogP contribution is 2.27. The van der Waals surface area contributed by atoms with Gasteiger partial charge >= 0.3 is 11.7 Å². The van der Waals surface area contributed by atoms with Crippen LogP contribution in [-0.2, 0) is 9.59 Å². The number of phenolic OH excluding ortho intramolecular Hbond substituents is 1. The molecule has 148 valence electrons. The number of nitro benzene ring substituents is 1. The van der Waals surface area contributed by atoms with Crippen molar-refractivity contribution in [3.63, 3.8) is 0 Å². The van der Waals surface area contributed by atoms with Gasteiger partial charge in [-0.2, -0.15) is 0 Å². The molecule has 0 saturated carbocycles. The normalized spacial score (nSPS) is 14.8. The van der Waals surface area contributed by atoms with Gasteiger partial charge in [0.2, 0.25) is 5.91 Å². The molecule has 2 aromatic carbocycles. The summed E-state index contributed by atoms with van der Waals surface area (Å²) in [5.74, 6) is -1.82. The average molecular weight is 396 g/mol. The van der Waals surface area contributed by atoms with Crippen molar-refractivity contribution in [3.8, 4) is 5.75 Å². The predicted molar refractivity (Wildman–Crippen MR) is 103 cm³/mol. The molecule has 10 nitrogen and oxygen atoms in total. The fraction of sp³-hybridized carbons (Fsp3) is 0.105. The number of hydrogen-bond donors (Lipinski definition) is 3. The topological polar surface area (TPSA) is 142 Å². The summed E-state index contributed by atoms with van der Waals surface area (Å²) >= 11 is 0. The third kappa shape index (κ3) is 4.38. The minimum absolute atomic E-state index is 0.140. The molecular weight excluding hydrogens is 380 g/mol. The molecule has 0 atom stereocenters. The lowest BCUT2D eigenvalue weighted by atomic mass is 10.1. The first-order chi connectivity index (χ1) is 13.7. The molecule has 0 aromatic heterocycles. The summed E-state index contributed by atoms with van der Waals surface area (Å²) in [7, 11) is 0. The summed E-state index contributed by atoms with van der Waals surface area (Å²) in [6.45, 7) is 1.36. The van der Waals surface area contributed by atoms with Crippen LogP contribution < -0.4 is 10.6 Å². The number of amides is 4. The number of phenols is 1. The number of nitrogens with one attached hydrogen (secondary N) is 2. The Hall–Kier alpha value is -4.21. The van der Waals surface area contributed by atoms with E-state index in [0.717, 1.165) is 22.6 Å². The van der Waals surface area contributed by atoms with E-state index in [1.165, 1.54) is 12.1 Å². The number of nitrogens with zero attached hydrogens (tertiary/aromatic N) is 2. The Labute approximate surface area is 164 Å². The van der Waals surface area contributed by atoms with Crippen LogP contribution in [0, 0.1) is 17.0 Å². The molecular formula is C19H16N4O6. The number of aryl methyl sites for hydroxylation is 1. The van der Waals surface area contributed by atoms with E-state index in [0.29, 0.717) is 5.69 Å². The van der Waals surface area contributed by atoms with Crippen molar-refractivity contribution >= 4 is 35.3 Å². The SMILES string of the molecule is Cc1cccc(NC(=O)CN2C(=O)N/C(=C\c3ccc(O)c([N+](=O)[O-])c3)C2=O)c1. The molecule has 0 bridgehead atoms. The van der Waals surface area contributed by atoms with Crippen LogP contribution in [0.3, 0.4) is 0 Å². The first-order valence-corrected chi connectivity index (χ1v) is 8.43. The van der Waals surface area contributed by atoms with Gasteiger partial charge in [-0.05, 0) is 42.3 Å². The van der Waals surface area contributed by atoms with Crippen LogP contribution in [0.15, 0.2) is 48.2 Å². The molecule has 1 aliphatic rings. The second kappa shape index (κ2) is 7.80. The first-order valence-electron chi connectivity index (χ1n) is 8.43. The third-order valence-electron chi connectivity index (χ3n) is 4.07. The highest BCUT2D eigenvalue weighted by molar-refractivity contribution is 6.16. The molecule has 3 rings (SSSR count). The van der Waals surface area contributed by atoms with Crippen LogP contribution in [0.4, 0.5) is 16.2 Å². The van der Waals surface area contributed by atoms with Crippen molar-refractivity contribution in [1.82, 2.24) is 10.2 Å². The maximum Gasteiger partial charge on any atom is 0.329 e. The monoisotopic (exact) mass is 396 g/mol. The first kappa shape index (κ1) is 19.5. The molecule has 0 unspecified atom stereocenters. The summed E-state index contributed by atoms with van der Waals surface area (Å²) in [5, 5.41) is 25.3. The molecule has 2 aromatic rings. The Morgan fingerprint density at radius 3 is 2.72 bits per heavy atom. The summed E-state index contributed by atoms with van der Waals surface area (Å²) in [5.41, 5.74) is 1.02. The maximum absolute atomic E-state index is 12.5. The molecule has 1 saturated heterocycles. The number of nitro groups is 1. The Morgan fingerprint density at radius 1 is 1.28 bits per heavy atom. The number of benzene rings is 2. The predicted octanol–water partition coefficient (Wildman–Crippen LogP) is 2.14. The molecule has 10 heteroatoms. The van der Waals surface area contributed by atoms with E-state index in [1.807, 2.05) is 13.0 Å². The van der Waals surface area contributed by atoms with Gasteiger partial charge in [0.05, 0.1) is 4.92 Å². The van der Waals surface area contributed by atoms with Crippen LogP contribution >= 0.6 is 0 Å². The van der Waals surface area contributed by atoms with Crippen molar-refractivity contribution < 1.29 is 24.4 Å².